The highest BCUT2D eigenvalue weighted by Crippen LogP contribution is 2.34. The van der Waals surface area contributed by atoms with Crippen molar-refractivity contribution in [3.8, 4) is 0 Å². The van der Waals surface area contributed by atoms with Crippen molar-refractivity contribution in [1.29, 1.82) is 0 Å². The zero-order valence-corrected chi connectivity index (χ0v) is 14.6. The van der Waals surface area contributed by atoms with Gasteiger partial charge >= 0.3 is 0 Å². The Hall–Kier alpha value is -2.05. The Balaban J connectivity index is 1.46. The molecule has 6 nitrogen and oxygen atoms in total. The van der Waals surface area contributed by atoms with Crippen LogP contribution in [-0.2, 0) is 11.3 Å². The van der Waals surface area contributed by atoms with E-state index in [0.717, 1.165) is 38.4 Å². The van der Waals surface area contributed by atoms with E-state index < -0.39 is 0 Å². The number of likely N-dealkylation sites (tertiary alicyclic amines) is 1. The maximum atomic E-state index is 12.9. The first-order valence-electron chi connectivity index (χ1n) is 8.81. The Kier molecular flexibility index (Phi) is 4.39. The van der Waals surface area contributed by atoms with Crippen molar-refractivity contribution in [1.82, 2.24) is 9.80 Å². The fourth-order valence-corrected chi connectivity index (χ4v) is 3.98. The van der Waals surface area contributed by atoms with E-state index in [0.29, 0.717) is 31.1 Å². The number of furan rings is 2. The van der Waals surface area contributed by atoms with E-state index in [9.17, 15) is 4.79 Å². The lowest BCUT2D eigenvalue weighted by atomic mass is 9.87. The van der Waals surface area contributed by atoms with Crippen LogP contribution in [0.15, 0.2) is 39.6 Å². The summed E-state index contributed by atoms with van der Waals surface area (Å²) in [6.45, 7) is 7.20. The van der Waals surface area contributed by atoms with Crippen molar-refractivity contribution in [2.45, 2.75) is 19.9 Å². The maximum absolute atomic E-state index is 12.9. The predicted octanol–water partition coefficient (Wildman–Crippen LogP) is 2.55. The molecule has 2 aliphatic heterocycles. The molecule has 1 spiro atoms. The first-order chi connectivity index (χ1) is 12.2. The number of carbonyl (C=O) groups is 1. The summed E-state index contributed by atoms with van der Waals surface area (Å²) in [6.07, 6.45) is 4.32. The molecule has 0 saturated carbocycles. The van der Waals surface area contributed by atoms with Crippen LogP contribution in [0.3, 0.4) is 0 Å². The van der Waals surface area contributed by atoms with E-state index in [2.05, 4.69) is 4.90 Å². The number of ether oxygens (including phenoxy) is 1. The largest absolute Gasteiger partial charge is 0.469 e. The third-order valence-electron chi connectivity index (χ3n) is 5.29. The molecule has 2 fully saturated rings. The van der Waals surface area contributed by atoms with Gasteiger partial charge in [0.1, 0.15) is 11.5 Å². The summed E-state index contributed by atoms with van der Waals surface area (Å²) in [5.74, 6) is 1.70. The van der Waals surface area contributed by atoms with Crippen LogP contribution in [0, 0.1) is 12.3 Å². The summed E-state index contributed by atoms with van der Waals surface area (Å²) in [4.78, 5) is 17.2. The molecule has 2 aliphatic rings. The number of hydrogen-bond donors (Lipinski definition) is 0. The van der Waals surface area contributed by atoms with Crippen LogP contribution in [0.2, 0.25) is 0 Å². The lowest BCUT2D eigenvalue weighted by Crippen LogP contribution is -2.43. The molecular weight excluding hydrogens is 320 g/mol. The summed E-state index contributed by atoms with van der Waals surface area (Å²) >= 11 is 0. The van der Waals surface area contributed by atoms with E-state index in [4.69, 9.17) is 13.6 Å². The van der Waals surface area contributed by atoms with E-state index in [-0.39, 0.29) is 11.3 Å². The zero-order chi connectivity index (χ0) is 17.3. The molecule has 6 heteroatoms. The molecule has 1 amide bonds. The molecular formula is C19H24N2O4. The number of hydrogen-bond acceptors (Lipinski definition) is 5. The minimum Gasteiger partial charge on any atom is -0.469 e. The van der Waals surface area contributed by atoms with Crippen LogP contribution >= 0.6 is 0 Å². The normalized spacial score (nSPS) is 24.8. The van der Waals surface area contributed by atoms with Gasteiger partial charge in [-0.15, -0.1) is 0 Å². The number of amides is 1. The average Bonchev–Trinajstić information content (AvgIpc) is 3.30. The highest BCUT2D eigenvalue weighted by atomic mass is 16.5. The van der Waals surface area contributed by atoms with Crippen molar-refractivity contribution in [3.05, 3.63) is 47.8 Å². The van der Waals surface area contributed by atoms with Crippen LogP contribution in [0.5, 0.6) is 0 Å². The van der Waals surface area contributed by atoms with Gasteiger partial charge in [0.05, 0.1) is 37.8 Å². The third kappa shape index (κ3) is 3.37. The second-order valence-corrected chi connectivity index (χ2v) is 7.21. The quantitative estimate of drug-likeness (QED) is 0.856. The first-order valence-corrected chi connectivity index (χ1v) is 8.81. The van der Waals surface area contributed by atoms with E-state index in [1.54, 1.807) is 18.6 Å². The molecule has 0 radical (unpaired) electrons. The minimum absolute atomic E-state index is 0.00358. The van der Waals surface area contributed by atoms with Gasteiger partial charge in [-0.05, 0) is 38.1 Å². The highest BCUT2D eigenvalue weighted by Gasteiger charge is 2.42. The number of carbonyl (C=O) groups excluding carboxylic acids is 1. The van der Waals surface area contributed by atoms with Crippen molar-refractivity contribution < 1.29 is 18.4 Å². The van der Waals surface area contributed by atoms with Gasteiger partial charge in [-0.1, -0.05) is 0 Å². The smallest absolute Gasteiger partial charge is 0.257 e. The van der Waals surface area contributed by atoms with Gasteiger partial charge in [0.15, 0.2) is 0 Å². The fraction of sp³-hybridized carbons (Fsp3) is 0.526. The zero-order valence-electron chi connectivity index (χ0n) is 14.6. The summed E-state index contributed by atoms with van der Waals surface area (Å²) in [7, 11) is 0. The van der Waals surface area contributed by atoms with E-state index in [1.807, 2.05) is 24.0 Å². The Morgan fingerprint density at radius 2 is 2.12 bits per heavy atom. The number of aryl methyl sites for hydroxylation is 1. The van der Waals surface area contributed by atoms with Gasteiger partial charge < -0.3 is 18.5 Å². The second-order valence-electron chi connectivity index (χ2n) is 7.21. The summed E-state index contributed by atoms with van der Waals surface area (Å²) in [5.41, 5.74) is 0.652. The topological polar surface area (TPSA) is 59.1 Å². The van der Waals surface area contributed by atoms with Crippen molar-refractivity contribution in [2.75, 3.05) is 39.4 Å². The van der Waals surface area contributed by atoms with Gasteiger partial charge in [-0.25, -0.2) is 0 Å². The second kappa shape index (κ2) is 6.69. The van der Waals surface area contributed by atoms with Crippen molar-refractivity contribution >= 4 is 5.91 Å². The molecule has 2 aromatic heterocycles. The minimum atomic E-state index is -0.00358. The van der Waals surface area contributed by atoms with Gasteiger partial charge in [0.2, 0.25) is 0 Å². The average molecular weight is 344 g/mol. The van der Waals surface area contributed by atoms with Crippen LogP contribution in [0.25, 0.3) is 0 Å². The standard InChI is InChI=1S/C19H24N2O4/c1-15-17(4-9-24-15)18(22)21-7-10-23-14-19(13-21)5-6-20(12-19)11-16-3-2-8-25-16/h2-4,8-9H,5-7,10-14H2,1H3. The summed E-state index contributed by atoms with van der Waals surface area (Å²) < 4.78 is 16.6. The SMILES string of the molecule is Cc1occc1C(=O)N1CCOCC2(CCN(Cc3ccco3)C2)C1. The molecule has 1 atom stereocenters. The molecule has 0 aliphatic carbocycles. The molecule has 4 heterocycles. The lowest BCUT2D eigenvalue weighted by Gasteiger charge is -2.31. The Morgan fingerprint density at radius 1 is 1.20 bits per heavy atom. The molecule has 134 valence electrons. The Morgan fingerprint density at radius 3 is 2.88 bits per heavy atom. The number of nitrogens with zero attached hydrogens (tertiary/aromatic N) is 2. The molecule has 2 saturated heterocycles. The van der Waals surface area contributed by atoms with E-state index >= 15 is 0 Å². The maximum Gasteiger partial charge on any atom is 0.257 e. The fourth-order valence-electron chi connectivity index (χ4n) is 3.98. The van der Waals surface area contributed by atoms with Crippen LogP contribution < -0.4 is 0 Å². The van der Waals surface area contributed by atoms with E-state index in [1.165, 1.54) is 0 Å². The molecule has 0 bridgehead atoms. The van der Waals surface area contributed by atoms with Gasteiger partial charge in [-0.2, -0.15) is 0 Å². The Labute approximate surface area is 147 Å². The summed E-state index contributed by atoms with van der Waals surface area (Å²) in [6, 6.07) is 5.68. The van der Waals surface area contributed by atoms with Gasteiger partial charge in [0.25, 0.3) is 5.91 Å². The lowest BCUT2D eigenvalue weighted by molar-refractivity contribution is 0.0639. The molecule has 25 heavy (non-hydrogen) atoms. The third-order valence-corrected chi connectivity index (χ3v) is 5.29. The molecule has 0 aromatic carbocycles. The molecule has 4 rings (SSSR count). The van der Waals surface area contributed by atoms with Crippen LogP contribution in [0.1, 0.15) is 28.3 Å². The summed E-state index contributed by atoms with van der Waals surface area (Å²) in [5, 5.41) is 0. The molecule has 0 N–H and O–H groups in total. The van der Waals surface area contributed by atoms with Gasteiger partial charge in [0, 0.05) is 25.0 Å². The van der Waals surface area contributed by atoms with Crippen molar-refractivity contribution in [2.24, 2.45) is 5.41 Å². The highest BCUT2D eigenvalue weighted by molar-refractivity contribution is 5.95. The molecule has 2 aromatic rings. The monoisotopic (exact) mass is 344 g/mol. The van der Waals surface area contributed by atoms with Crippen LogP contribution in [-0.4, -0.2) is 55.1 Å². The van der Waals surface area contributed by atoms with Crippen LogP contribution in [0.4, 0.5) is 0 Å². The predicted molar refractivity (Wildman–Crippen MR) is 91.2 cm³/mol. The van der Waals surface area contributed by atoms with Gasteiger partial charge in [-0.3, -0.25) is 9.69 Å². The number of rotatable bonds is 3. The molecule has 1 unspecified atom stereocenters. The first kappa shape index (κ1) is 16.4. The Bertz CT molecular complexity index is 724. The van der Waals surface area contributed by atoms with Crippen molar-refractivity contribution in [3.63, 3.8) is 0 Å².